The van der Waals surface area contributed by atoms with E-state index in [1.54, 1.807) is 0 Å². The Morgan fingerprint density at radius 1 is 1.27 bits per heavy atom. The molecule has 1 aromatic rings. The van der Waals surface area contributed by atoms with Crippen molar-refractivity contribution >= 4 is 11.6 Å². The van der Waals surface area contributed by atoms with Crippen molar-refractivity contribution in [3.8, 4) is 0 Å². The van der Waals surface area contributed by atoms with Crippen LogP contribution in [0.5, 0.6) is 0 Å². The molecule has 0 aromatic heterocycles. The average Bonchev–Trinajstić information content (AvgIpc) is 2.19. The Kier molecular flexibility index (Phi) is 3.01. The first kappa shape index (κ1) is 10.9. The van der Waals surface area contributed by atoms with Gasteiger partial charge in [0, 0.05) is 23.0 Å². The Morgan fingerprint density at radius 3 is 2.27 bits per heavy atom. The Balaban J connectivity index is 2.30. The molecular weight excluding hydrogens is 208 g/mol. The number of benzene rings is 1. The van der Waals surface area contributed by atoms with Gasteiger partial charge in [0.15, 0.2) is 0 Å². The maximum absolute atomic E-state index is 6.13. The molecule has 0 aliphatic heterocycles. The van der Waals surface area contributed by atoms with Gasteiger partial charge in [0.05, 0.1) is 0 Å². The standard InChI is InChI=1S/C12H17ClN2/c13-10-4-2-9(3-5-10)12(6-1-7-12)11(15)8-14/h2-5,11H,1,6-8,14-15H2. The van der Waals surface area contributed by atoms with Crippen LogP contribution in [0.2, 0.25) is 5.02 Å². The Morgan fingerprint density at radius 2 is 1.87 bits per heavy atom. The minimum Gasteiger partial charge on any atom is -0.329 e. The van der Waals surface area contributed by atoms with Gasteiger partial charge in [-0.3, -0.25) is 0 Å². The van der Waals surface area contributed by atoms with E-state index in [4.69, 9.17) is 23.1 Å². The second-order valence-corrected chi connectivity index (χ2v) is 4.80. The van der Waals surface area contributed by atoms with Gasteiger partial charge in [-0.1, -0.05) is 30.2 Å². The lowest BCUT2D eigenvalue weighted by molar-refractivity contribution is 0.199. The van der Waals surface area contributed by atoms with Gasteiger partial charge in [0.1, 0.15) is 0 Å². The predicted octanol–water partition coefficient (Wildman–Crippen LogP) is 2.05. The third-order valence-corrected chi connectivity index (χ3v) is 3.88. The molecule has 0 bridgehead atoms. The van der Waals surface area contributed by atoms with E-state index >= 15 is 0 Å². The summed E-state index contributed by atoms with van der Waals surface area (Å²) in [6.07, 6.45) is 3.54. The topological polar surface area (TPSA) is 52.0 Å². The maximum Gasteiger partial charge on any atom is 0.0406 e. The normalized spacial score (nSPS) is 20.7. The van der Waals surface area contributed by atoms with E-state index in [1.165, 1.54) is 12.0 Å². The van der Waals surface area contributed by atoms with Crippen molar-refractivity contribution in [1.29, 1.82) is 0 Å². The van der Waals surface area contributed by atoms with Gasteiger partial charge in [0.2, 0.25) is 0 Å². The first-order valence-corrected chi connectivity index (χ1v) is 5.78. The van der Waals surface area contributed by atoms with Crippen LogP contribution < -0.4 is 11.5 Å². The summed E-state index contributed by atoms with van der Waals surface area (Å²) in [5, 5.41) is 0.773. The SMILES string of the molecule is NCC(N)C1(c2ccc(Cl)cc2)CCC1. The van der Waals surface area contributed by atoms with Crippen LogP contribution in [0.4, 0.5) is 0 Å². The molecule has 1 unspecified atom stereocenters. The lowest BCUT2D eigenvalue weighted by atomic mass is 9.60. The van der Waals surface area contributed by atoms with Crippen molar-refractivity contribution < 1.29 is 0 Å². The summed E-state index contributed by atoms with van der Waals surface area (Å²) in [7, 11) is 0. The number of rotatable bonds is 3. The van der Waals surface area contributed by atoms with Crippen LogP contribution in [0, 0.1) is 0 Å². The molecule has 1 aromatic carbocycles. The van der Waals surface area contributed by atoms with Crippen LogP contribution in [-0.4, -0.2) is 12.6 Å². The Bertz CT molecular complexity index is 330. The quantitative estimate of drug-likeness (QED) is 0.826. The molecule has 0 saturated heterocycles. The maximum atomic E-state index is 6.13. The molecule has 1 aliphatic rings. The van der Waals surface area contributed by atoms with Crippen molar-refractivity contribution in [2.75, 3.05) is 6.54 Å². The Hall–Kier alpha value is -0.570. The van der Waals surface area contributed by atoms with Crippen LogP contribution in [0.3, 0.4) is 0 Å². The van der Waals surface area contributed by atoms with E-state index in [9.17, 15) is 0 Å². The molecule has 1 aliphatic carbocycles. The first-order chi connectivity index (χ1) is 7.19. The summed E-state index contributed by atoms with van der Waals surface area (Å²) in [5.74, 6) is 0. The van der Waals surface area contributed by atoms with Crippen molar-refractivity contribution in [2.24, 2.45) is 11.5 Å². The van der Waals surface area contributed by atoms with E-state index in [2.05, 4.69) is 12.1 Å². The fourth-order valence-corrected chi connectivity index (χ4v) is 2.56. The van der Waals surface area contributed by atoms with Crippen molar-refractivity contribution in [3.63, 3.8) is 0 Å². The fourth-order valence-electron chi connectivity index (χ4n) is 2.44. The largest absolute Gasteiger partial charge is 0.329 e. The minimum absolute atomic E-state index is 0.0624. The van der Waals surface area contributed by atoms with Gasteiger partial charge < -0.3 is 11.5 Å². The predicted molar refractivity (Wildman–Crippen MR) is 64.0 cm³/mol. The van der Waals surface area contributed by atoms with Gasteiger partial charge in [0.25, 0.3) is 0 Å². The molecule has 0 spiro atoms. The van der Waals surface area contributed by atoms with Crippen LogP contribution in [0.1, 0.15) is 24.8 Å². The summed E-state index contributed by atoms with van der Waals surface area (Å²) in [4.78, 5) is 0. The molecule has 1 saturated carbocycles. The van der Waals surface area contributed by atoms with Crippen LogP contribution in [0.25, 0.3) is 0 Å². The molecule has 2 rings (SSSR count). The number of nitrogens with two attached hydrogens (primary N) is 2. The van der Waals surface area contributed by atoms with Crippen LogP contribution in [-0.2, 0) is 5.41 Å². The Labute approximate surface area is 95.6 Å². The minimum atomic E-state index is 0.0624. The lowest BCUT2D eigenvalue weighted by Gasteiger charge is -2.46. The third-order valence-electron chi connectivity index (χ3n) is 3.63. The van der Waals surface area contributed by atoms with E-state index in [0.717, 1.165) is 17.9 Å². The molecule has 4 N–H and O–H groups in total. The van der Waals surface area contributed by atoms with Crippen molar-refractivity contribution in [1.82, 2.24) is 0 Å². The zero-order valence-corrected chi connectivity index (χ0v) is 9.50. The smallest absolute Gasteiger partial charge is 0.0406 e. The summed E-state index contributed by atoms with van der Waals surface area (Å²) < 4.78 is 0. The number of halogens is 1. The van der Waals surface area contributed by atoms with Gasteiger partial charge in [-0.05, 0) is 30.5 Å². The van der Waals surface area contributed by atoms with Crippen LogP contribution >= 0.6 is 11.6 Å². The van der Waals surface area contributed by atoms with Gasteiger partial charge in [-0.2, -0.15) is 0 Å². The zero-order valence-electron chi connectivity index (χ0n) is 8.75. The summed E-state index contributed by atoms with van der Waals surface area (Å²) in [5.41, 5.74) is 13.2. The number of hydrogen-bond acceptors (Lipinski definition) is 2. The molecule has 2 nitrogen and oxygen atoms in total. The van der Waals surface area contributed by atoms with E-state index in [-0.39, 0.29) is 11.5 Å². The lowest BCUT2D eigenvalue weighted by Crippen LogP contribution is -2.53. The number of hydrogen-bond donors (Lipinski definition) is 2. The van der Waals surface area contributed by atoms with E-state index in [1.807, 2.05) is 12.1 Å². The third kappa shape index (κ3) is 1.78. The molecular formula is C12H17ClN2. The summed E-state index contributed by atoms with van der Waals surface area (Å²) in [6, 6.07) is 8.08. The molecule has 0 radical (unpaired) electrons. The van der Waals surface area contributed by atoms with Gasteiger partial charge in [-0.25, -0.2) is 0 Å². The molecule has 0 heterocycles. The molecule has 1 fully saturated rings. The highest BCUT2D eigenvalue weighted by atomic mass is 35.5. The average molecular weight is 225 g/mol. The zero-order chi connectivity index (χ0) is 10.9. The molecule has 3 heteroatoms. The fraction of sp³-hybridized carbons (Fsp3) is 0.500. The monoisotopic (exact) mass is 224 g/mol. The van der Waals surface area contributed by atoms with Gasteiger partial charge >= 0.3 is 0 Å². The van der Waals surface area contributed by atoms with Gasteiger partial charge in [-0.15, -0.1) is 0 Å². The molecule has 0 amide bonds. The van der Waals surface area contributed by atoms with Crippen molar-refractivity contribution in [2.45, 2.75) is 30.7 Å². The van der Waals surface area contributed by atoms with Crippen LogP contribution in [0.15, 0.2) is 24.3 Å². The highest BCUT2D eigenvalue weighted by Gasteiger charge is 2.43. The summed E-state index contributed by atoms with van der Waals surface area (Å²) in [6.45, 7) is 0.544. The second kappa shape index (κ2) is 4.12. The molecule has 15 heavy (non-hydrogen) atoms. The highest BCUT2D eigenvalue weighted by Crippen LogP contribution is 2.45. The molecule has 1 atom stereocenters. The molecule has 82 valence electrons. The van der Waals surface area contributed by atoms with E-state index in [0.29, 0.717) is 6.54 Å². The first-order valence-electron chi connectivity index (χ1n) is 5.41. The highest BCUT2D eigenvalue weighted by molar-refractivity contribution is 6.30. The summed E-state index contributed by atoms with van der Waals surface area (Å²) >= 11 is 5.88. The second-order valence-electron chi connectivity index (χ2n) is 4.36. The van der Waals surface area contributed by atoms with Crippen molar-refractivity contribution in [3.05, 3.63) is 34.9 Å². The van der Waals surface area contributed by atoms with E-state index < -0.39 is 0 Å².